The van der Waals surface area contributed by atoms with Crippen molar-refractivity contribution in [1.82, 2.24) is 9.97 Å². The van der Waals surface area contributed by atoms with Gasteiger partial charge in [0.15, 0.2) is 0 Å². The Kier molecular flexibility index (Phi) is 3.45. The van der Waals surface area contributed by atoms with Gasteiger partial charge in [-0.25, -0.2) is 4.98 Å². The van der Waals surface area contributed by atoms with Crippen molar-refractivity contribution in [2.24, 2.45) is 0 Å². The summed E-state index contributed by atoms with van der Waals surface area (Å²) in [6, 6.07) is 3.69. The van der Waals surface area contributed by atoms with Crippen molar-refractivity contribution in [3.8, 4) is 0 Å². The zero-order valence-corrected chi connectivity index (χ0v) is 10.2. The molecule has 2 aromatic rings. The molecule has 0 fully saturated rings. The van der Waals surface area contributed by atoms with Gasteiger partial charge < -0.3 is 5.11 Å². The Balaban J connectivity index is 2.15. The highest BCUT2D eigenvalue weighted by Crippen LogP contribution is 2.24. The van der Waals surface area contributed by atoms with Gasteiger partial charge in [-0.15, -0.1) is 11.3 Å². The average Bonchev–Trinajstić information content (AvgIpc) is 2.71. The molecule has 5 heteroatoms. The van der Waals surface area contributed by atoms with Gasteiger partial charge in [0, 0.05) is 28.7 Å². The van der Waals surface area contributed by atoms with Gasteiger partial charge in [0.2, 0.25) is 0 Å². The largest absolute Gasteiger partial charge is 0.386 e. The first-order valence-electron chi connectivity index (χ1n) is 4.44. The third-order valence-electron chi connectivity index (χ3n) is 1.95. The van der Waals surface area contributed by atoms with Crippen LogP contribution in [0.3, 0.4) is 0 Å². The summed E-state index contributed by atoms with van der Waals surface area (Å²) in [7, 11) is 0. The molecular weight excluding hydrogens is 276 g/mol. The fourth-order valence-electron chi connectivity index (χ4n) is 1.26. The number of aromatic nitrogens is 2. The number of pyridine rings is 1. The van der Waals surface area contributed by atoms with Crippen LogP contribution in [0, 0.1) is 0 Å². The highest BCUT2D eigenvalue weighted by Gasteiger charge is 2.14. The second-order valence-electron chi connectivity index (χ2n) is 3.02. The predicted molar refractivity (Wildman–Crippen MR) is 62.7 cm³/mol. The number of hydrogen-bond donors (Lipinski definition) is 1. The van der Waals surface area contributed by atoms with Crippen LogP contribution in [-0.2, 0) is 6.42 Å². The quantitative estimate of drug-likeness (QED) is 0.942. The lowest BCUT2D eigenvalue weighted by Gasteiger charge is -2.09. The molecule has 1 unspecified atom stereocenters. The number of halogens is 1. The molecule has 0 bridgehead atoms. The van der Waals surface area contributed by atoms with Crippen LogP contribution in [0.4, 0.5) is 0 Å². The molecule has 0 saturated carbocycles. The normalized spacial score (nSPS) is 12.7. The zero-order chi connectivity index (χ0) is 10.7. The minimum atomic E-state index is -0.605. The zero-order valence-electron chi connectivity index (χ0n) is 7.80. The van der Waals surface area contributed by atoms with Crippen molar-refractivity contribution in [2.75, 3.05) is 0 Å². The Hall–Kier alpha value is -0.780. The van der Waals surface area contributed by atoms with E-state index in [4.69, 9.17) is 0 Å². The lowest BCUT2D eigenvalue weighted by atomic mass is 10.2. The van der Waals surface area contributed by atoms with Crippen LogP contribution in [-0.4, -0.2) is 15.1 Å². The third kappa shape index (κ3) is 2.62. The van der Waals surface area contributed by atoms with E-state index in [2.05, 4.69) is 25.9 Å². The van der Waals surface area contributed by atoms with Gasteiger partial charge in [-0.05, 0) is 28.1 Å². The number of aliphatic hydroxyl groups is 1. The lowest BCUT2D eigenvalue weighted by Crippen LogP contribution is -2.04. The van der Waals surface area contributed by atoms with Gasteiger partial charge in [-0.1, -0.05) is 0 Å². The predicted octanol–water partition coefficient (Wildman–Crippen LogP) is 2.58. The molecule has 0 saturated heterocycles. The molecule has 2 heterocycles. The van der Waals surface area contributed by atoms with Crippen LogP contribution in [0.2, 0.25) is 0 Å². The summed E-state index contributed by atoms with van der Waals surface area (Å²) in [5.41, 5.74) is 0.660. The maximum absolute atomic E-state index is 9.95. The Morgan fingerprint density at radius 2 is 2.27 bits per heavy atom. The molecule has 3 nitrogen and oxygen atoms in total. The molecule has 0 radical (unpaired) electrons. The van der Waals surface area contributed by atoms with E-state index in [0.29, 0.717) is 12.1 Å². The van der Waals surface area contributed by atoms with E-state index in [1.165, 1.54) is 11.3 Å². The van der Waals surface area contributed by atoms with Crippen molar-refractivity contribution in [3.05, 3.63) is 45.1 Å². The van der Waals surface area contributed by atoms with Crippen LogP contribution in [0.25, 0.3) is 0 Å². The molecule has 1 N–H and O–H groups in total. The summed E-state index contributed by atoms with van der Waals surface area (Å²) < 4.78 is 0.828. The van der Waals surface area contributed by atoms with Gasteiger partial charge >= 0.3 is 0 Å². The minimum Gasteiger partial charge on any atom is -0.386 e. The monoisotopic (exact) mass is 284 g/mol. The van der Waals surface area contributed by atoms with E-state index in [-0.39, 0.29) is 0 Å². The fourth-order valence-corrected chi connectivity index (χ4v) is 2.43. The van der Waals surface area contributed by atoms with Crippen molar-refractivity contribution in [2.45, 2.75) is 12.5 Å². The van der Waals surface area contributed by atoms with Crippen LogP contribution in [0.1, 0.15) is 16.8 Å². The molecule has 2 rings (SSSR count). The highest BCUT2D eigenvalue weighted by molar-refractivity contribution is 9.10. The van der Waals surface area contributed by atoms with E-state index in [1.54, 1.807) is 12.4 Å². The topological polar surface area (TPSA) is 46.0 Å². The number of thiazole rings is 1. The van der Waals surface area contributed by atoms with Gasteiger partial charge in [0.1, 0.15) is 6.10 Å². The first-order valence-corrected chi connectivity index (χ1v) is 6.11. The minimum absolute atomic E-state index is 0.507. The van der Waals surface area contributed by atoms with E-state index < -0.39 is 6.10 Å². The van der Waals surface area contributed by atoms with Gasteiger partial charge in [0.25, 0.3) is 0 Å². The molecule has 0 aliphatic carbocycles. The summed E-state index contributed by atoms with van der Waals surface area (Å²) >= 11 is 4.90. The van der Waals surface area contributed by atoms with Crippen molar-refractivity contribution in [3.63, 3.8) is 0 Å². The van der Waals surface area contributed by atoms with Gasteiger partial charge in [-0.3, -0.25) is 4.98 Å². The Bertz CT molecular complexity index is 433. The molecule has 1 atom stereocenters. The fraction of sp³-hybridized carbons (Fsp3) is 0.200. The third-order valence-corrected chi connectivity index (χ3v) is 3.43. The maximum Gasteiger partial charge on any atom is 0.103 e. The van der Waals surface area contributed by atoms with Gasteiger partial charge in [0.05, 0.1) is 10.7 Å². The first-order chi connectivity index (χ1) is 7.27. The standard InChI is InChI=1S/C10H9BrN2OS/c11-7-2-1-3-13-10(7)8(14)6-9-12-4-5-15-9/h1-5,8,14H,6H2. The van der Waals surface area contributed by atoms with Crippen molar-refractivity contribution >= 4 is 27.3 Å². The molecule has 0 amide bonds. The Morgan fingerprint density at radius 1 is 1.40 bits per heavy atom. The summed E-state index contributed by atoms with van der Waals surface area (Å²) in [5, 5.41) is 12.8. The molecule has 0 aliphatic rings. The maximum atomic E-state index is 9.95. The number of rotatable bonds is 3. The summed E-state index contributed by atoms with van der Waals surface area (Å²) in [6.45, 7) is 0. The Morgan fingerprint density at radius 3 is 2.93 bits per heavy atom. The first kappa shape index (κ1) is 10.7. The Labute approximate surface area is 100.0 Å². The smallest absolute Gasteiger partial charge is 0.103 e. The van der Waals surface area contributed by atoms with E-state index in [9.17, 15) is 5.11 Å². The van der Waals surface area contributed by atoms with Crippen molar-refractivity contribution in [1.29, 1.82) is 0 Å². The van der Waals surface area contributed by atoms with E-state index >= 15 is 0 Å². The number of aliphatic hydroxyl groups excluding tert-OH is 1. The highest BCUT2D eigenvalue weighted by atomic mass is 79.9. The second-order valence-corrected chi connectivity index (χ2v) is 4.85. The molecule has 15 heavy (non-hydrogen) atoms. The number of hydrogen-bond acceptors (Lipinski definition) is 4. The van der Waals surface area contributed by atoms with Crippen molar-refractivity contribution < 1.29 is 5.11 Å². The molecule has 0 aliphatic heterocycles. The molecule has 78 valence electrons. The lowest BCUT2D eigenvalue weighted by molar-refractivity contribution is 0.172. The van der Waals surface area contributed by atoms with E-state index in [0.717, 1.165) is 9.48 Å². The van der Waals surface area contributed by atoms with Crippen LogP contribution in [0.15, 0.2) is 34.4 Å². The van der Waals surface area contributed by atoms with Crippen LogP contribution >= 0.6 is 27.3 Å². The average molecular weight is 285 g/mol. The molecule has 2 aromatic heterocycles. The summed E-state index contributed by atoms with van der Waals surface area (Å²) in [6.07, 6.45) is 3.31. The second kappa shape index (κ2) is 4.83. The summed E-state index contributed by atoms with van der Waals surface area (Å²) in [4.78, 5) is 8.27. The summed E-state index contributed by atoms with van der Waals surface area (Å²) in [5.74, 6) is 0. The number of nitrogens with zero attached hydrogens (tertiary/aromatic N) is 2. The molecule has 0 aromatic carbocycles. The molecule has 0 spiro atoms. The SMILES string of the molecule is OC(Cc1nccs1)c1ncccc1Br. The van der Waals surface area contributed by atoms with Crippen LogP contribution in [0.5, 0.6) is 0 Å². The van der Waals surface area contributed by atoms with Crippen LogP contribution < -0.4 is 0 Å². The molecular formula is C10H9BrN2OS. The van der Waals surface area contributed by atoms with E-state index in [1.807, 2.05) is 17.5 Å². The van der Waals surface area contributed by atoms with Gasteiger partial charge in [-0.2, -0.15) is 0 Å².